The Hall–Kier alpha value is -6.91. The number of nitrogens with zero attached hydrogens (tertiary/aromatic N) is 3. The average molecular weight is 652 g/mol. The van der Waals surface area contributed by atoms with Crippen LogP contribution in [-0.4, -0.2) is 15.0 Å². The van der Waals surface area contributed by atoms with Gasteiger partial charge in [0.2, 0.25) is 0 Å². The van der Waals surface area contributed by atoms with E-state index in [1.807, 2.05) is 48.5 Å². The lowest BCUT2D eigenvalue weighted by molar-refractivity contribution is 0.670. The predicted octanol–water partition coefficient (Wildman–Crippen LogP) is 12.4. The lowest BCUT2D eigenvalue weighted by Crippen LogP contribution is -1.96. The average Bonchev–Trinajstić information content (AvgIpc) is 3.61. The van der Waals surface area contributed by atoms with Crippen molar-refractivity contribution in [2.45, 2.75) is 0 Å². The van der Waals surface area contributed by atoms with E-state index in [-0.39, 0.29) is 0 Å². The summed E-state index contributed by atoms with van der Waals surface area (Å²) in [6.07, 6.45) is 0. The van der Waals surface area contributed by atoms with Gasteiger partial charge >= 0.3 is 0 Å². The Labute approximate surface area is 294 Å². The standard InChI is InChI=1S/C47H29N3O/c1-4-15-30(16-5-1)40-29-41(50-47(49-40)32-19-8-3-9-20-32)34-22-14-21-33(27-34)37-28-38-43(44-36-24-11-13-26-42(36)51-46(37)44)35-23-10-12-25-39(35)48-45(38)31-17-6-2-7-18-31/h1-29H. The fourth-order valence-electron chi connectivity index (χ4n) is 7.27. The number of para-hydroxylation sites is 2. The number of benzene rings is 7. The topological polar surface area (TPSA) is 51.8 Å². The van der Waals surface area contributed by atoms with Gasteiger partial charge in [0.25, 0.3) is 0 Å². The van der Waals surface area contributed by atoms with Gasteiger partial charge in [-0.3, -0.25) is 0 Å². The Balaban J connectivity index is 1.26. The van der Waals surface area contributed by atoms with Crippen LogP contribution in [0.3, 0.4) is 0 Å². The molecule has 0 aliphatic heterocycles. The largest absolute Gasteiger partial charge is 0.455 e. The first-order chi connectivity index (χ1) is 25.3. The molecule has 4 nitrogen and oxygen atoms in total. The summed E-state index contributed by atoms with van der Waals surface area (Å²) in [6, 6.07) is 60.6. The van der Waals surface area contributed by atoms with Crippen molar-refractivity contribution in [1.82, 2.24) is 15.0 Å². The number of hydrogen-bond acceptors (Lipinski definition) is 4. The second-order valence-corrected chi connectivity index (χ2v) is 12.8. The molecule has 0 spiro atoms. The second-order valence-electron chi connectivity index (χ2n) is 12.8. The highest BCUT2D eigenvalue weighted by Crippen LogP contribution is 2.46. The summed E-state index contributed by atoms with van der Waals surface area (Å²) in [5.74, 6) is 0.688. The van der Waals surface area contributed by atoms with Crippen LogP contribution in [0.2, 0.25) is 0 Å². The molecule has 3 heterocycles. The molecule has 0 atom stereocenters. The van der Waals surface area contributed by atoms with Gasteiger partial charge in [0.1, 0.15) is 11.2 Å². The summed E-state index contributed by atoms with van der Waals surface area (Å²) in [6.45, 7) is 0. The molecule has 10 rings (SSSR count). The van der Waals surface area contributed by atoms with Gasteiger partial charge in [-0.15, -0.1) is 0 Å². The molecule has 51 heavy (non-hydrogen) atoms. The SMILES string of the molecule is c1ccc(-c2cc(-c3cccc(-c4cc5c(-c6ccccc6)nc6ccccc6c5c5c4oc4ccccc45)c3)nc(-c3ccccc3)n2)cc1. The molecule has 0 N–H and O–H groups in total. The van der Waals surface area contributed by atoms with Crippen molar-refractivity contribution in [3.63, 3.8) is 0 Å². The van der Waals surface area contributed by atoms with E-state index >= 15 is 0 Å². The van der Waals surface area contributed by atoms with Crippen molar-refractivity contribution in [2.75, 3.05) is 0 Å². The van der Waals surface area contributed by atoms with E-state index in [1.54, 1.807) is 0 Å². The van der Waals surface area contributed by atoms with Crippen LogP contribution < -0.4 is 0 Å². The zero-order valence-corrected chi connectivity index (χ0v) is 27.5. The molecule has 10 aromatic rings. The van der Waals surface area contributed by atoms with E-state index in [4.69, 9.17) is 19.4 Å². The summed E-state index contributed by atoms with van der Waals surface area (Å²) in [5, 5.41) is 5.52. The number of hydrogen-bond donors (Lipinski definition) is 0. The zero-order chi connectivity index (χ0) is 33.7. The summed E-state index contributed by atoms with van der Waals surface area (Å²) in [5.41, 5.74) is 11.5. The second kappa shape index (κ2) is 11.9. The molecule has 4 heteroatoms. The molecule has 238 valence electrons. The smallest absolute Gasteiger partial charge is 0.160 e. The number of aromatic nitrogens is 3. The Morgan fingerprint density at radius 3 is 1.73 bits per heavy atom. The van der Waals surface area contributed by atoms with Gasteiger partial charge in [0.05, 0.1) is 22.6 Å². The van der Waals surface area contributed by atoms with Crippen LogP contribution >= 0.6 is 0 Å². The van der Waals surface area contributed by atoms with Gasteiger partial charge in [-0.05, 0) is 35.9 Å². The van der Waals surface area contributed by atoms with E-state index < -0.39 is 0 Å². The first-order valence-electron chi connectivity index (χ1n) is 17.1. The number of pyridine rings is 1. The number of furan rings is 1. The van der Waals surface area contributed by atoms with Crippen LogP contribution in [0.5, 0.6) is 0 Å². The molecule has 0 radical (unpaired) electrons. The van der Waals surface area contributed by atoms with E-state index in [1.165, 1.54) is 0 Å². The molecule has 0 aliphatic carbocycles. The molecule has 0 saturated carbocycles. The lowest BCUT2D eigenvalue weighted by Gasteiger charge is -2.14. The number of fused-ring (bicyclic) bond motifs is 7. The minimum Gasteiger partial charge on any atom is -0.455 e. The van der Waals surface area contributed by atoms with Crippen molar-refractivity contribution in [2.24, 2.45) is 0 Å². The zero-order valence-electron chi connectivity index (χ0n) is 27.5. The maximum absolute atomic E-state index is 6.79. The molecule has 0 bridgehead atoms. The molecule has 7 aromatic carbocycles. The van der Waals surface area contributed by atoms with Crippen molar-refractivity contribution >= 4 is 43.6 Å². The van der Waals surface area contributed by atoms with Crippen LogP contribution in [-0.2, 0) is 0 Å². The maximum atomic E-state index is 6.79. The normalized spacial score (nSPS) is 11.5. The highest BCUT2D eigenvalue weighted by atomic mass is 16.3. The minimum atomic E-state index is 0.688. The summed E-state index contributed by atoms with van der Waals surface area (Å²) < 4.78 is 6.79. The Bertz CT molecular complexity index is 2840. The van der Waals surface area contributed by atoms with Gasteiger partial charge < -0.3 is 4.42 Å². The van der Waals surface area contributed by atoms with Crippen LogP contribution in [0.25, 0.3) is 99.9 Å². The molecule has 0 fully saturated rings. The van der Waals surface area contributed by atoms with E-state index in [2.05, 4.69) is 127 Å². The maximum Gasteiger partial charge on any atom is 0.160 e. The number of rotatable bonds is 5. The molecule has 0 amide bonds. The Morgan fingerprint density at radius 1 is 0.373 bits per heavy atom. The minimum absolute atomic E-state index is 0.688. The van der Waals surface area contributed by atoms with Gasteiger partial charge in [-0.25, -0.2) is 15.0 Å². The van der Waals surface area contributed by atoms with E-state index in [9.17, 15) is 0 Å². The predicted molar refractivity (Wildman–Crippen MR) is 209 cm³/mol. The fourth-order valence-corrected chi connectivity index (χ4v) is 7.27. The van der Waals surface area contributed by atoms with Gasteiger partial charge in [0, 0.05) is 54.7 Å². The molecular formula is C47H29N3O. The monoisotopic (exact) mass is 651 g/mol. The van der Waals surface area contributed by atoms with Crippen molar-refractivity contribution < 1.29 is 4.42 Å². The molecular weight excluding hydrogens is 623 g/mol. The third-order valence-corrected chi connectivity index (χ3v) is 9.65. The molecule has 0 unspecified atom stereocenters. The third kappa shape index (κ3) is 4.96. The van der Waals surface area contributed by atoms with Gasteiger partial charge in [0.15, 0.2) is 5.82 Å². The Morgan fingerprint density at radius 2 is 0.961 bits per heavy atom. The van der Waals surface area contributed by atoms with Crippen LogP contribution in [0.1, 0.15) is 0 Å². The van der Waals surface area contributed by atoms with Crippen molar-refractivity contribution in [3.8, 4) is 56.3 Å². The van der Waals surface area contributed by atoms with Gasteiger partial charge in [-0.1, -0.05) is 146 Å². The van der Waals surface area contributed by atoms with E-state index in [0.717, 1.165) is 94.1 Å². The highest BCUT2D eigenvalue weighted by molar-refractivity contribution is 6.30. The van der Waals surface area contributed by atoms with E-state index in [0.29, 0.717) is 5.82 Å². The molecule has 3 aromatic heterocycles. The third-order valence-electron chi connectivity index (χ3n) is 9.65. The van der Waals surface area contributed by atoms with Crippen LogP contribution in [0.15, 0.2) is 180 Å². The molecule has 0 aliphatic rings. The first-order valence-corrected chi connectivity index (χ1v) is 17.1. The quantitative estimate of drug-likeness (QED) is 0.174. The molecule has 0 saturated heterocycles. The van der Waals surface area contributed by atoms with Crippen molar-refractivity contribution in [3.05, 3.63) is 176 Å². The fraction of sp³-hybridized carbons (Fsp3) is 0. The summed E-state index contributed by atoms with van der Waals surface area (Å²) in [4.78, 5) is 15.4. The first kappa shape index (κ1) is 29.0. The summed E-state index contributed by atoms with van der Waals surface area (Å²) in [7, 11) is 0. The van der Waals surface area contributed by atoms with Crippen LogP contribution in [0.4, 0.5) is 0 Å². The van der Waals surface area contributed by atoms with Crippen molar-refractivity contribution in [1.29, 1.82) is 0 Å². The summed E-state index contributed by atoms with van der Waals surface area (Å²) >= 11 is 0. The van der Waals surface area contributed by atoms with Crippen LogP contribution in [0, 0.1) is 0 Å². The Kier molecular flexibility index (Phi) is 6.78. The lowest BCUT2D eigenvalue weighted by atomic mass is 9.91. The highest BCUT2D eigenvalue weighted by Gasteiger charge is 2.21. The van der Waals surface area contributed by atoms with Gasteiger partial charge in [-0.2, -0.15) is 0 Å².